The Morgan fingerprint density at radius 1 is 1.19 bits per heavy atom. The fourth-order valence-corrected chi connectivity index (χ4v) is 2.19. The zero-order chi connectivity index (χ0) is 15.6. The first-order valence-corrected chi connectivity index (χ1v) is 7.02. The van der Waals surface area contributed by atoms with Crippen molar-refractivity contribution < 1.29 is 14.4 Å². The minimum atomic E-state index is -0.641. The van der Waals surface area contributed by atoms with Gasteiger partial charge in [0.25, 0.3) is 5.91 Å². The Morgan fingerprint density at radius 3 is 2.33 bits per heavy atom. The molecule has 1 aliphatic heterocycles. The Balaban J connectivity index is 2.04. The van der Waals surface area contributed by atoms with Crippen LogP contribution in [0.2, 0.25) is 0 Å². The van der Waals surface area contributed by atoms with Crippen LogP contribution in [0.1, 0.15) is 49.5 Å². The number of carbonyl (C=O) groups is 3. The van der Waals surface area contributed by atoms with E-state index in [0.717, 1.165) is 5.56 Å². The van der Waals surface area contributed by atoms with Crippen molar-refractivity contribution in [1.29, 1.82) is 0 Å². The van der Waals surface area contributed by atoms with Crippen LogP contribution in [-0.4, -0.2) is 23.8 Å². The summed E-state index contributed by atoms with van der Waals surface area (Å²) in [5.41, 5.74) is 1.67. The SMILES string of the molecule is CC(C)(C)c1ccc(C(=O)NC2CCC(=O)NC2=O)cc1. The number of amides is 3. The third kappa shape index (κ3) is 3.68. The van der Waals surface area contributed by atoms with Gasteiger partial charge < -0.3 is 5.32 Å². The van der Waals surface area contributed by atoms with Crippen molar-refractivity contribution in [2.45, 2.75) is 45.1 Å². The van der Waals surface area contributed by atoms with E-state index in [-0.39, 0.29) is 23.7 Å². The van der Waals surface area contributed by atoms with E-state index in [1.807, 2.05) is 12.1 Å². The summed E-state index contributed by atoms with van der Waals surface area (Å²) < 4.78 is 0. The van der Waals surface area contributed by atoms with Gasteiger partial charge in [0.15, 0.2) is 0 Å². The number of piperidine rings is 1. The molecule has 1 saturated heterocycles. The molecule has 0 aliphatic carbocycles. The molecule has 112 valence electrons. The van der Waals surface area contributed by atoms with E-state index in [2.05, 4.69) is 31.4 Å². The van der Waals surface area contributed by atoms with Crippen molar-refractivity contribution in [3.8, 4) is 0 Å². The van der Waals surface area contributed by atoms with Crippen molar-refractivity contribution >= 4 is 17.7 Å². The normalized spacial score (nSPS) is 19.1. The standard InChI is InChI=1S/C16H20N2O3/c1-16(2,3)11-6-4-10(5-7-11)14(20)17-12-8-9-13(19)18-15(12)21/h4-7,12H,8-9H2,1-3H3,(H,17,20)(H,18,19,21). The lowest BCUT2D eigenvalue weighted by molar-refractivity contribution is -0.134. The van der Waals surface area contributed by atoms with Crippen molar-refractivity contribution in [2.24, 2.45) is 0 Å². The molecule has 0 spiro atoms. The molecule has 5 heteroatoms. The summed E-state index contributed by atoms with van der Waals surface area (Å²) >= 11 is 0. The monoisotopic (exact) mass is 288 g/mol. The maximum Gasteiger partial charge on any atom is 0.251 e. The lowest BCUT2D eigenvalue weighted by Crippen LogP contribution is -2.52. The van der Waals surface area contributed by atoms with Gasteiger partial charge in [0.1, 0.15) is 6.04 Å². The number of rotatable bonds is 2. The fraction of sp³-hybridized carbons (Fsp3) is 0.438. The summed E-state index contributed by atoms with van der Waals surface area (Å²) in [6.45, 7) is 6.31. The molecule has 3 amide bonds. The predicted molar refractivity (Wildman–Crippen MR) is 78.8 cm³/mol. The molecule has 0 aromatic heterocycles. The van der Waals surface area contributed by atoms with Gasteiger partial charge in [-0.15, -0.1) is 0 Å². The summed E-state index contributed by atoms with van der Waals surface area (Å²) in [5, 5.41) is 4.88. The lowest BCUT2D eigenvalue weighted by atomic mass is 9.86. The molecule has 1 aromatic carbocycles. The van der Waals surface area contributed by atoms with Crippen molar-refractivity contribution in [3.05, 3.63) is 35.4 Å². The summed E-state index contributed by atoms with van der Waals surface area (Å²) in [6, 6.07) is 6.69. The zero-order valence-corrected chi connectivity index (χ0v) is 12.5. The Kier molecular flexibility index (Phi) is 4.11. The van der Waals surface area contributed by atoms with Crippen LogP contribution in [0.15, 0.2) is 24.3 Å². The van der Waals surface area contributed by atoms with E-state index in [4.69, 9.17) is 0 Å². The van der Waals surface area contributed by atoms with Crippen LogP contribution in [0.25, 0.3) is 0 Å². The maximum atomic E-state index is 12.1. The largest absolute Gasteiger partial charge is 0.340 e. The first kappa shape index (κ1) is 15.2. The third-order valence-electron chi connectivity index (χ3n) is 3.56. The van der Waals surface area contributed by atoms with Gasteiger partial charge in [-0.25, -0.2) is 0 Å². The van der Waals surface area contributed by atoms with Crippen LogP contribution >= 0.6 is 0 Å². The second-order valence-corrected chi connectivity index (χ2v) is 6.30. The first-order valence-electron chi connectivity index (χ1n) is 7.02. The molecule has 2 N–H and O–H groups in total. The Morgan fingerprint density at radius 2 is 1.81 bits per heavy atom. The van der Waals surface area contributed by atoms with Crippen LogP contribution in [0.4, 0.5) is 0 Å². The topological polar surface area (TPSA) is 75.3 Å². The van der Waals surface area contributed by atoms with E-state index >= 15 is 0 Å². The summed E-state index contributed by atoms with van der Waals surface area (Å²) in [5.74, 6) is -1.03. The summed E-state index contributed by atoms with van der Waals surface area (Å²) in [7, 11) is 0. The highest BCUT2D eigenvalue weighted by molar-refractivity contribution is 6.03. The van der Waals surface area contributed by atoms with E-state index in [0.29, 0.717) is 12.0 Å². The molecule has 1 unspecified atom stereocenters. The van der Waals surface area contributed by atoms with Gasteiger partial charge in [0.2, 0.25) is 11.8 Å². The predicted octanol–water partition coefficient (Wildman–Crippen LogP) is 1.52. The number of carbonyl (C=O) groups excluding carboxylic acids is 3. The minimum Gasteiger partial charge on any atom is -0.340 e. The molecule has 0 radical (unpaired) electrons. The summed E-state index contributed by atoms with van der Waals surface area (Å²) in [6.07, 6.45) is 0.593. The number of hydrogen-bond donors (Lipinski definition) is 2. The van der Waals surface area contributed by atoms with Gasteiger partial charge in [0.05, 0.1) is 0 Å². The highest BCUT2D eigenvalue weighted by Crippen LogP contribution is 2.22. The fourth-order valence-electron chi connectivity index (χ4n) is 2.19. The van der Waals surface area contributed by atoms with Crippen molar-refractivity contribution in [1.82, 2.24) is 10.6 Å². The van der Waals surface area contributed by atoms with Gasteiger partial charge in [-0.05, 0) is 29.5 Å². The number of benzene rings is 1. The summed E-state index contributed by atoms with van der Waals surface area (Å²) in [4.78, 5) is 34.8. The van der Waals surface area contributed by atoms with Gasteiger partial charge >= 0.3 is 0 Å². The van der Waals surface area contributed by atoms with Crippen molar-refractivity contribution in [2.75, 3.05) is 0 Å². The molecule has 21 heavy (non-hydrogen) atoms. The van der Waals surface area contributed by atoms with Gasteiger partial charge in [-0.2, -0.15) is 0 Å². The van der Waals surface area contributed by atoms with Crippen LogP contribution in [0.3, 0.4) is 0 Å². The van der Waals surface area contributed by atoms with Crippen LogP contribution in [0, 0.1) is 0 Å². The molecule has 1 heterocycles. The molecule has 2 rings (SSSR count). The number of imide groups is 1. The molecular weight excluding hydrogens is 268 g/mol. The van der Waals surface area contributed by atoms with Crippen LogP contribution < -0.4 is 10.6 Å². The molecule has 5 nitrogen and oxygen atoms in total. The second kappa shape index (κ2) is 5.68. The molecule has 0 saturated carbocycles. The Hall–Kier alpha value is -2.17. The first-order chi connectivity index (χ1) is 9.77. The molecule has 1 atom stereocenters. The third-order valence-corrected chi connectivity index (χ3v) is 3.56. The molecule has 1 aliphatic rings. The Bertz CT molecular complexity index is 570. The highest BCUT2D eigenvalue weighted by atomic mass is 16.2. The second-order valence-electron chi connectivity index (χ2n) is 6.30. The number of nitrogens with one attached hydrogen (secondary N) is 2. The molecule has 0 bridgehead atoms. The Labute approximate surface area is 124 Å². The van der Waals surface area contributed by atoms with E-state index in [1.54, 1.807) is 12.1 Å². The quantitative estimate of drug-likeness (QED) is 0.810. The van der Waals surface area contributed by atoms with Gasteiger partial charge in [0, 0.05) is 12.0 Å². The maximum absolute atomic E-state index is 12.1. The van der Waals surface area contributed by atoms with Crippen LogP contribution in [0.5, 0.6) is 0 Å². The molecule has 1 fully saturated rings. The lowest BCUT2D eigenvalue weighted by Gasteiger charge is -2.22. The minimum absolute atomic E-state index is 0.0264. The van der Waals surface area contributed by atoms with Gasteiger partial charge in [-0.3, -0.25) is 19.7 Å². The van der Waals surface area contributed by atoms with E-state index in [1.165, 1.54) is 0 Å². The van der Waals surface area contributed by atoms with E-state index < -0.39 is 11.9 Å². The van der Waals surface area contributed by atoms with Crippen molar-refractivity contribution in [3.63, 3.8) is 0 Å². The van der Waals surface area contributed by atoms with Crippen LogP contribution in [-0.2, 0) is 15.0 Å². The van der Waals surface area contributed by atoms with Gasteiger partial charge in [-0.1, -0.05) is 32.9 Å². The number of hydrogen-bond acceptors (Lipinski definition) is 3. The average Bonchev–Trinajstić information content (AvgIpc) is 2.41. The smallest absolute Gasteiger partial charge is 0.251 e. The average molecular weight is 288 g/mol. The zero-order valence-electron chi connectivity index (χ0n) is 12.5. The molecule has 1 aromatic rings. The highest BCUT2D eigenvalue weighted by Gasteiger charge is 2.28. The molecular formula is C16H20N2O3. The van der Waals surface area contributed by atoms with E-state index in [9.17, 15) is 14.4 Å².